The largest absolute Gasteiger partial charge is 0.450 e. The molecule has 0 atom stereocenters. The SMILES string of the molecule is CCOC(=O)NC(=O)c1cn(-c2ccc(CCOC(=O)NCCCCCCNC(=O)OCCc3ccc(-n4c(=O)[nH]cc(C(=O)NC(=O)OCC)c4=O)cc3)cc2)c(=O)[nH]c1=O. The van der Waals surface area contributed by atoms with Crippen molar-refractivity contribution in [2.75, 3.05) is 39.5 Å². The van der Waals surface area contributed by atoms with Gasteiger partial charge in [-0.1, -0.05) is 37.1 Å². The second-order valence-corrected chi connectivity index (χ2v) is 13.0. The van der Waals surface area contributed by atoms with Gasteiger partial charge in [-0.3, -0.25) is 39.4 Å². The van der Waals surface area contributed by atoms with E-state index in [-0.39, 0.29) is 32.1 Å². The van der Waals surface area contributed by atoms with Gasteiger partial charge in [-0.15, -0.1) is 0 Å². The number of carbonyl (C=O) groups excluding carboxylic acids is 6. The number of ether oxygens (including phenoxy) is 4. The first-order valence-corrected chi connectivity index (χ1v) is 19.5. The molecule has 6 N–H and O–H groups in total. The van der Waals surface area contributed by atoms with Crippen LogP contribution in [0.4, 0.5) is 19.2 Å². The zero-order valence-corrected chi connectivity index (χ0v) is 33.9. The number of H-pyrrole nitrogens is 2. The van der Waals surface area contributed by atoms with Gasteiger partial charge in [-0.2, -0.15) is 0 Å². The summed E-state index contributed by atoms with van der Waals surface area (Å²) in [6, 6.07) is 12.8. The Kier molecular flexibility index (Phi) is 17.9. The van der Waals surface area contributed by atoms with Gasteiger partial charge in [0.1, 0.15) is 11.1 Å². The average Bonchev–Trinajstić information content (AvgIpc) is 3.23. The van der Waals surface area contributed by atoms with E-state index >= 15 is 0 Å². The van der Waals surface area contributed by atoms with Crippen LogP contribution in [0.3, 0.4) is 0 Å². The van der Waals surface area contributed by atoms with Crippen LogP contribution in [0.5, 0.6) is 0 Å². The maximum Gasteiger partial charge on any atom is 0.414 e. The van der Waals surface area contributed by atoms with E-state index < -0.39 is 69.8 Å². The molecule has 330 valence electrons. The van der Waals surface area contributed by atoms with E-state index in [1.54, 1.807) is 50.2 Å². The summed E-state index contributed by atoms with van der Waals surface area (Å²) < 4.78 is 21.5. The molecule has 62 heavy (non-hydrogen) atoms. The highest BCUT2D eigenvalue weighted by Gasteiger charge is 2.19. The maximum atomic E-state index is 12.9. The van der Waals surface area contributed by atoms with E-state index in [1.807, 2.05) is 15.6 Å². The molecule has 0 saturated heterocycles. The Bertz CT molecular complexity index is 2450. The van der Waals surface area contributed by atoms with Crippen molar-refractivity contribution in [1.82, 2.24) is 40.4 Å². The van der Waals surface area contributed by atoms with Gasteiger partial charge >= 0.3 is 35.8 Å². The molecular weight excluding hydrogens is 816 g/mol. The highest BCUT2D eigenvalue weighted by molar-refractivity contribution is 6.03. The van der Waals surface area contributed by atoms with E-state index in [2.05, 4.69) is 25.1 Å². The van der Waals surface area contributed by atoms with Gasteiger partial charge in [0.2, 0.25) is 0 Å². The van der Waals surface area contributed by atoms with Crippen molar-refractivity contribution in [2.24, 2.45) is 0 Å². The lowest BCUT2D eigenvalue weighted by Gasteiger charge is -2.10. The van der Waals surface area contributed by atoms with Crippen LogP contribution in [-0.2, 0) is 31.8 Å². The number of nitrogens with one attached hydrogen (secondary N) is 6. The monoisotopic (exact) mass is 862 g/mol. The van der Waals surface area contributed by atoms with E-state index in [1.165, 1.54) is 12.1 Å². The maximum absolute atomic E-state index is 12.9. The summed E-state index contributed by atoms with van der Waals surface area (Å²) >= 11 is 0. The molecule has 0 aliphatic carbocycles. The first-order valence-electron chi connectivity index (χ1n) is 19.5. The van der Waals surface area contributed by atoms with Crippen molar-refractivity contribution in [2.45, 2.75) is 52.4 Å². The van der Waals surface area contributed by atoms with Crippen LogP contribution < -0.4 is 43.8 Å². The summed E-state index contributed by atoms with van der Waals surface area (Å²) in [5, 5.41) is 9.17. The number of aromatic amines is 2. The van der Waals surface area contributed by atoms with Crippen LogP contribution in [0, 0.1) is 0 Å². The third-order valence-corrected chi connectivity index (χ3v) is 8.69. The standard InChI is InChI=1S/C40H46N8O14/c1-3-59-39(57)45-31(49)29-23-43-35(53)48(34(29)52)28-15-11-26(12-16-28)18-22-62-38(56)42-20-8-6-5-7-19-41-37(55)61-21-17-25-9-13-27(14-10-25)47-24-30(32(50)44-36(47)54)33(51)46-40(58)60-4-2/h9-16,23-24H,3-8,17-22H2,1-2H3,(H,41,55)(H,42,56)(H,43,53)(H,44,50,54)(H,45,49,57)(H,46,51,58). The van der Waals surface area contributed by atoms with Gasteiger partial charge in [-0.05, 0) is 62.1 Å². The Morgan fingerprint density at radius 1 is 0.581 bits per heavy atom. The fourth-order valence-electron chi connectivity index (χ4n) is 5.59. The summed E-state index contributed by atoms with van der Waals surface area (Å²) in [7, 11) is 0. The molecule has 0 aliphatic heterocycles. The molecular formula is C40H46N8O14. The normalized spacial score (nSPS) is 10.5. The summed E-state index contributed by atoms with van der Waals surface area (Å²) in [5.41, 5.74) is -2.40. The van der Waals surface area contributed by atoms with E-state index in [0.29, 0.717) is 44.5 Å². The molecule has 2 aromatic heterocycles. The molecule has 4 rings (SSSR count). The molecule has 2 aromatic carbocycles. The minimum absolute atomic E-state index is 0.0157. The second-order valence-electron chi connectivity index (χ2n) is 13.0. The number of hydrogen-bond acceptors (Lipinski definition) is 14. The van der Waals surface area contributed by atoms with Crippen LogP contribution in [0.15, 0.2) is 80.1 Å². The Balaban J connectivity index is 1.06. The Hall–Kier alpha value is -7.78. The molecule has 0 aliphatic rings. The molecule has 0 radical (unpaired) electrons. The van der Waals surface area contributed by atoms with Crippen LogP contribution in [0.2, 0.25) is 0 Å². The number of benzene rings is 2. The van der Waals surface area contributed by atoms with Crippen LogP contribution in [-0.4, -0.2) is 94.8 Å². The summed E-state index contributed by atoms with van der Waals surface area (Å²) in [6.45, 7) is 4.06. The quantitative estimate of drug-likeness (QED) is 0.0580. The van der Waals surface area contributed by atoms with Gasteiger partial charge in [0.05, 0.1) is 37.8 Å². The topological polar surface area (TPSA) is 297 Å². The highest BCUT2D eigenvalue weighted by atomic mass is 16.6. The Morgan fingerprint density at radius 3 is 1.56 bits per heavy atom. The summed E-state index contributed by atoms with van der Waals surface area (Å²) in [5.74, 6) is -2.07. The van der Waals surface area contributed by atoms with Crippen molar-refractivity contribution < 1.29 is 47.7 Å². The lowest BCUT2D eigenvalue weighted by Crippen LogP contribution is -2.41. The lowest BCUT2D eigenvalue weighted by molar-refractivity contribution is 0.0909. The zero-order chi connectivity index (χ0) is 45.0. The number of rotatable bonds is 19. The molecule has 22 nitrogen and oxygen atoms in total. The number of carbonyl (C=O) groups is 6. The summed E-state index contributed by atoms with van der Waals surface area (Å²) in [4.78, 5) is 126. The van der Waals surface area contributed by atoms with E-state index in [4.69, 9.17) is 9.47 Å². The number of imide groups is 2. The van der Waals surface area contributed by atoms with Crippen molar-refractivity contribution in [3.63, 3.8) is 0 Å². The highest BCUT2D eigenvalue weighted by Crippen LogP contribution is 2.10. The van der Waals surface area contributed by atoms with Crippen molar-refractivity contribution >= 4 is 36.2 Å². The molecule has 0 unspecified atom stereocenters. The lowest BCUT2D eigenvalue weighted by atomic mass is 10.1. The van der Waals surface area contributed by atoms with Gasteiger partial charge < -0.3 is 34.6 Å². The molecule has 0 fully saturated rings. The van der Waals surface area contributed by atoms with Crippen molar-refractivity contribution in [3.8, 4) is 11.4 Å². The van der Waals surface area contributed by atoms with Crippen LogP contribution in [0.1, 0.15) is 71.4 Å². The first-order chi connectivity index (χ1) is 29.8. The number of nitrogens with zero attached hydrogens (tertiary/aromatic N) is 2. The second kappa shape index (κ2) is 23.7. The molecule has 22 heteroatoms. The third kappa shape index (κ3) is 14.2. The van der Waals surface area contributed by atoms with E-state index in [0.717, 1.165) is 45.5 Å². The molecule has 0 spiro atoms. The smallest absolute Gasteiger partial charge is 0.414 e. The van der Waals surface area contributed by atoms with Crippen LogP contribution >= 0.6 is 0 Å². The number of aromatic nitrogens is 4. The van der Waals surface area contributed by atoms with Gasteiger partial charge in [0.15, 0.2) is 0 Å². The van der Waals surface area contributed by atoms with E-state index in [9.17, 15) is 47.9 Å². The Labute approximate surface area is 351 Å². The number of unbranched alkanes of at least 4 members (excludes halogenated alkanes) is 3. The van der Waals surface area contributed by atoms with Gasteiger partial charge in [0, 0.05) is 38.3 Å². The third-order valence-electron chi connectivity index (χ3n) is 8.69. The molecule has 6 amide bonds. The number of amides is 6. The molecule has 0 saturated carbocycles. The molecule has 0 bridgehead atoms. The number of hydrogen-bond donors (Lipinski definition) is 6. The van der Waals surface area contributed by atoms with Gasteiger partial charge in [0.25, 0.3) is 22.9 Å². The molecule has 2 heterocycles. The average molecular weight is 863 g/mol. The predicted octanol–water partition coefficient (Wildman–Crippen LogP) is 1.94. The first kappa shape index (κ1) is 46.9. The Morgan fingerprint density at radius 2 is 1.06 bits per heavy atom. The van der Waals surface area contributed by atoms with Crippen LogP contribution in [0.25, 0.3) is 11.4 Å². The minimum atomic E-state index is -1.04. The minimum Gasteiger partial charge on any atom is -0.450 e. The fourth-order valence-corrected chi connectivity index (χ4v) is 5.59. The summed E-state index contributed by atoms with van der Waals surface area (Å²) in [6.07, 6.45) is 2.38. The molecule has 4 aromatic rings. The van der Waals surface area contributed by atoms with Crippen molar-refractivity contribution in [1.29, 1.82) is 0 Å². The van der Waals surface area contributed by atoms with Crippen molar-refractivity contribution in [3.05, 3.63) is 125 Å². The number of alkyl carbamates (subject to hydrolysis) is 4. The van der Waals surface area contributed by atoms with Gasteiger partial charge in [-0.25, -0.2) is 33.3 Å². The predicted molar refractivity (Wildman–Crippen MR) is 219 cm³/mol. The fraction of sp³-hybridized carbons (Fsp3) is 0.350. The zero-order valence-electron chi connectivity index (χ0n) is 33.9.